The predicted molar refractivity (Wildman–Crippen MR) is 185 cm³/mol. The van der Waals surface area contributed by atoms with Gasteiger partial charge in [-0.1, -0.05) is 13.8 Å². The van der Waals surface area contributed by atoms with E-state index in [1.54, 1.807) is 0 Å². The van der Waals surface area contributed by atoms with E-state index in [-0.39, 0.29) is 17.4 Å². The van der Waals surface area contributed by atoms with Gasteiger partial charge in [-0.2, -0.15) is 0 Å². The van der Waals surface area contributed by atoms with Crippen LogP contribution in [-0.4, -0.2) is 46.1 Å². The third-order valence-electron chi connectivity index (χ3n) is 9.78. The molecule has 0 aromatic carbocycles. The van der Waals surface area contributed by atoms with Crippen molar-refractivity contribution in [2.75, 3.05) is 14.2 Å². The van der Waals surface area contributed by atoms with E-state index in [0.717, 1.165) is 89.8 Å². The molecule has 2 aliphatic rings. The topological polar surface area (TPSA) is 110 Å². The summed E-state index contributed by atoms with van der Waals surface area (Å²) in [7, 11) is 2.88. The number of aromatic nitrogens is 4. The first-order valence-electron chi connectivity index (χ1n) is 16.5. The minimum atomic E-state index is -0.174. The lowest BCUT2D eigenvalue weighted by atomic mass is 9.86. The number of hydrogen-bond acceptors (Lipinski definition) is 6. The zero-order valence-corrected chi connectivity index (χ0v) is 28.7. The largest absolute Gasteiger partial charge is 0.469 e. The summed E-state index contributed by atoms with van der Waals surface area (Å²) < 4.78 is 9.73. The number of ether oxygens (including phenoxy) is 2. The number of allylic oxidation sites excluding steroid dienone is 2. The summed E-state index contributed by atoms with van der Waals surface area (Å²) >= 11 is 0. The van der Waals surface area contributed by atoms with Gasteiger partial charge in [0.25, 0.3) is 0 Å². The third kappa shape index (κ3) is 6.96. The summed E-state index contributed by atoms with van der Waals surface area (Å²) in [5, 5.41) is 0. The summed E-state index contributed by atoms with van der Waals surface area (Å²) in [4.78, 5) is 41.3. The summed E-state index contributed by atoms with van der Waals surface area (Å²) in [6, 6.07) is 8.77. The van der Waals surface area contributed by atoms with Crippen LogP contribution in [0.4, 0.5) is 0 Å². The minimum Gasteiger partial charge on any atom is -0.469 e. The van der Waals surface area contributed by atoms with Gasteiger partial charge in [0.2, 0.25) is 0 Å². The molecule has 5 rings (SSSR count). The maximum absolute atomic E-state index is 11.8. The van der Waals surface area contributed by atoms with Gasteiger partial charge in [-0.15, -0.1) is 0 Å². The summed E-state index contributed by atoms with van der Waals surface area (Å²) in [6.45, 7) is 13.1. The van der Waals surface area contributed by atoms with Crippen LogP contribution < -0.4 is 0 Å². The molecule has 0 amide bonds. The standard InChI is InChI=1S/C38H48N4O4/c1-22-23(2)30-18-31-24(3)27(13-9-11-15-36(43)45-7)33(41-31)19-34-28(14-10-12-16-37(44)46-8)25(4)32(42-34)20-35-38(5,6)21-26(39-35)17-29(22)40-30/h17-20,41-42H,9-16,21H2,1-8H3. The van der Waals surface area contributed by atoms with Gasteiger partial charge in [-0.25, -0.2) is 4.98 Å². The molecule has 8 bridgehead atoms. The monoisotopic (exact) mass is 624 g/mol. The Labute approximate surface area is 272 Å². The number of esters is 2. The molecule has 0 saturated carbocycles. The van der Waals surface area contributed by atoms with E-state index in [0.29, 0.717) is 12.8 Å². The van der Waals surface area contributed by atoms with Crippen LogP contribution in [0, 0.1) is 13.8 Å². The Morgan fingerprint density at radius 3 is 1.72 bits per heavy atom. The highest BCUT2D eigenvalue weighted by Gasteiger charge is 2.29. The lowest BCUT2D eigenvalue weighted by molar-refractivity contribution is -0.141. The van der Waals surface area contributed by atoms with Gasteiger partial charge in [-0.05, 0) is 124 Å². The van der Waals surface area contributed by atoms with Crippen molar-refractivity contribution in [3.05, 3.63) is 69.3 Å². The molecule has 0 saturated heterocycles. The number of aromatic amines is 2. The highest BCUT2D eigenvalue weighted by atomic mass is 16.5. The Morgan fingerprint density at radius 1 is 0.696 bits per heavy atom. The van der Waals surface area contributed by atoms with Gasteiger partial charge in [-0.3, -0.25) is 14.6 Å². The molecule has 46 heavy (non-hydrogen) atoms. The average molecular weight is 625 g/mol. The molecule has 0 fully saturated rings. The maximum atomic E-state index is 11.8. The van der Waals surface area contributed by atoms with Gasteiger partial charge >= 0.3 is 11.9 Å². The van der Waals surface area contributed by atoms with E-state index in [1.165, 1.54) is 47.6 Å². The number of carbonyl (C=O) groups is 2. The average Bonchev–Trinajstić information content (AvgIpc) is 3.66. The number of rotatable bonds is 10. The Hall–Kier alpha value is -4.20. The van der Waals surface area contributed by atoms with Crippen LogP contribution in [0.2, 0.25) is 0 Å². The zero-order chi connectivity index (χ0) is 33.2. The number of carbonyl (C=O) groups excluding carboxylic acids is 2. The van der Waals surface area contributed by atoms with Crippen LogP contribution in [0.3, 0.4) is 0 Å². The van der Waals surface area contributed by atoms with Crippen LogP contribution in [0.5, 0.6) is 0 Å². The second kappa shape index (κ2) is 13.7. The SMILES string of the molecule is COC(=O)CCCCc1c(C)c2cc3nc(cc4nc(cc5[nH]c(cc1[nH]2)c(CCCCC(=O)OC)c5C)C(C)(C)C4)C(C)=C3C. The normalized spacial score (nSPS) is 14.1. The summed E-state index contributed by atoms with van der Waals surface area (Å²) in [5.74, 6) is -0.347. The number of nitrogens with zero attached hydrogens (tertiary/aromatic N) is 2. The van der Waals surface area contributed by atoms with Crippen LogP contribution in [0.25, 0.3) is 33.2 Å². The van der Waals surface area contributed by atoms with Gasteiger partial charge in [0.05, 0.1) is 25.6 Å². The van der Waals surface area contributed by atoms with Crippen LogP contribution >= 0.6 is 0 Å². The molecule has 0 atom stereocenters. The van der Waals surface area contributed by atoms with Crippen molar-refractivity contribution in [3.63, 3.8) is 0 Å². The number of nitrogens with one attached hydrogen (secondary N) is 2. The van der Waals surface area contributed by atoms with E-state index in [4.69, 9.17) is 19.4 Å². The van der Waals surface area contributed by atoms with Crippen molar-refractivity contribution in [2.24, 2.45) is 0 Å². The predicted octanol–water partition coefficient (Wildman–Crippen LogP) is 8.17. The molecular weight excluding hydrogens is 576 g/mol. The second-order valence-corrected chi connectivity index (χ2v) is 13.4. The quantitative estimate of drug-likeness (QED) is 0.174. The first-order valence-corrected chi connectivity index (χ1v) is 16.5. The van der Waals surface area contributed by atoms with E-state index in [2.05, 4.69) is 75.8 Å². The first kappa shape index (κ1) is 33.2. The lowest BCUT2D eigenvalue weighted by Crippen LogP contribution is -2.15. The Bertz CT molecular complexity index is 1860. The molecule has 0 aliphatic carbocycles. The van der Waals surface area contributed by atoms with Crippen LogP contribution in [-0.2, 0) is 43.7 Å². The second-order valence-electron chi connectivity index (χ2n) is 13.4. The number of methoxy groups -OCH3 is 2. The Morgan fingerprint density at radius 2 is 1.20 bits per heavy atom. The fourth-order valence-electron chi connectivity index (χ4n) is 6.62. The smallest absolute Gasteiger partial charge is 0.305 e. The molecule has 8 nitrogen and oxygen atoms in total. The van der Waals surface area contributed by atoms with Crippen LogP contribution in [0.1, 0.15) is 111 Å². The highest BCUT2D eigenvalue weighted by molar-refractivity contribution is 5.91. The molecule has 2 N–H and O–H groups in total. The number of aryl methyl sites for hydroxylation is 4. The summed E-state index contributed by atoms with van der Waals surface area (Å²) in [6.07, 6.45) is 6.63. The Kier molecular flexibility index (Phi) is 9.85. The molecule has 0 radical (unpaired) electrons. The van der Waals surface area contributed by atoms with Crippen molar-refractivity contribution in [1.29, 1.82) is 0 Å². The van der Waals surface area contributed by atoms with Crippen molar-refractivity contribution < 1.29 is 19.1 Å². The fourth-order valence-corrected chi connectivity index (χ4v) is 6.62. The molecule has 244 valence electrons. The van der Waals surface area contributed by atoms with Crippen molar-refractivity contribution in [3.8, 4) is 0 Å². The molecule has 8 heteroatoms. The van der Waals surface area contributed by atoms with Crippen molar-refractivity contribution in [1.82, 2.24) is 19.9 Å². The fraction of sp³-hybridized carbons (Fsp3) is 0.474. The molecule has 0 spiro atoms. The number of unbranched alkanes of at least 4 members (excludes halogenated alkanes) is 2. The molecule has 3 aromatic rings. The lowest BCUT2D eigenvalue weighted by Gasteiger charge is -2.15. The number of fused-ring (bicyclic) bond motifs is 8. The number of H-pyrrole nitrogens is 2. The number of hydrogen-bond donors (Lipinski definition) is 2. The summed E-state index contributed by atoms with van der Waals surface area (Å²) in [5.41, 5.74) is 15.3. The molecule has 5 heterocycles. The van der Waals surface area contributed by atoms with Gasteiger partial charge < -0.3 is 19.4 Å². The van der Waals surface area contributed by atoms with Gasteiger partial charge in [0.1, 0.15) is 0 Å². The molecule has 0 unspecified atom stereocenters. The molecule has 3 aromatic heterocycles. The van der Waals surface area contributed by atoms with E-state index < -0.39 is 0 Å². The zero-order valence-electron chi connectivity index (χ0n) is 28.7. The van der Waals surface area contributed by atoms with Gasteiger partial charge in [0, 0.05) is 58.1 Å². The van der Waals surface area contributed by atoms with Crippen molar-refractivity contribution >= 4 is 45.2 Å². The van der Waals surface area contributed by atoms with Crippen molar-refractivity contribution in [2.45, 2.75) is 105 Å². The first-order chi connectivity index (χ1) is 21.9. The maximum Gasteiger partial charge on any atom is 0.305 e. The van der Waals surface area contributed by atoms with E-state index in [9.17, 15) is 9.59 Å². The molecule has 2 aliphatic heterocycles. The van der Waals surface area contributed by atoms with Crippen LogP contribution in [0.15, 0.2) is 24.3 Å². The molecular formula is C38H48N4O4. The Balaban J connectivity index is 1.74. The third-order valence-corrected chi connectivity index (χ3v) is 9.78. The minimum absolute atomic E-state index is 0.116. The van der Waals surface area contributed by atoms with E-state index >= 15 is 0 Å². The highest BCUT2D eigenvalue weighted by Crippen LogP contribution is 2.35. The van der Waals surface area contributed by atoms with E-state index in [1.807, 2.05) is 0 Å². The van der Waals surface area contributed by atoms with Gasteiger partial charge in [0.15, 0.2) is 0 Å².